The Kier molecular flexibility index (Phi) is 4.65. The van der Waals surface area contributed by atoms with E-state index in [4.69, 9.17) is 9.47 Å². The van der Waals surface area contributed by atoms with E-state index in [2.05, 4.69) is 10.6 Å². The third-order valence-electron chi connectivity index (χ3n) is 4.90. The Labute approximate surface area is 160 Å². The average Bonchev–Trinajstić information content (AvgIpc) is 2.83. The van der Waals surface area contributed by atoms with Crippen LogP contribution >= 0.6 is 0 Å². The second-order valence-corrected chi connectivity index (χ2v) is 8.51. The normalized spacial score (nSPS) is 32.5. The summed E-state index contributed by atoms with van der Waals surface area (Å²) in [7, 11) is 0. The largest absolute Gasteiger partial charge is 0.444 e. The first-order valence-electron chi connectivity index (χ1n) is 8.86. The zero-order valence-corrected chi connectivity index (χ0v) is 16.1. The van der Waals surface area contributed by atoms with E-state index in [0.29, 0.717) is 0 Å². The fourth-order valence-electron chi connectivity index (χ4n) is 3.64. The molecule has 1 aromatic carbocycles. The summed E-state index contributed by atoms with van der Waals surface area (Å²) in [4.78, 5) is 24.2. The highest BCUT2D eigenvalue weighted by Crippen LogP contribution is 2.51. The Balaban J connectivity index is 1.98. The number of nitrogens with one attached hydrogen (secondary N) is 2. The van der Waals surface area contributed by atoms with E-state index in [0.717, 1.165) is 13.0 Å². The van der Waals surface area contributed by atoms with Gasteiger partial charge >= 0.3 is 6.09 Å². The van der Waals surface area contributed by atoms with Gasteiger partial charge in [0.1, 0.15) is 17.0 Å². The minimum Gasteiger partial charge on any atom is -0.444 e. The van der Waals surface area contributed by atoms with Gasteiger partial charge in [0.25, 0.3) is 5.91 Å². The van der Waals surface area contributed by atoms with Gasteiger partial charge in [0.05, 0.1) is 13.2 Å². The van der Waals surface area contributed by atoms with E-state index < -0.39 is 53.3 Å². The molecule has 0 spiro atoms. The van der Waals surface area contributed by atoms with Crippen molar-refractivity contribution in [3.63, 3.8) is 0 Å². The molecule has 6 nitrogen and oxygen atoms in total. The Morgan fingerprint density at radius 3 is 2.61 bits per heavy atom. The first-order valence-corrected chi connectivity index (χ1v) is 8.86. The lowest BCUT2D eigenvalue weighted by Crippen LogP contribution is -2.69. The summed E-state index contributed by atoms with van der Waals surface area (Å²) < 4.78 is 55.2. The number of anilines is 1. The lowest BCUT2D eigenvalue weighted by atomic mass is 9.69. The van der Waals surface area contributed by atoms with Crippen molar-refractivity contribution in [2.45, 2.75) is 56.6 Å². The molecule has 154 valence electrons. The number of alkyl halides is 2. The SMILES string of the molecule is CC(C)(C)OC(=O)Nc1ccc(F)c([C@]23COC[C@@]2(F)C[C@](C)(F)C(=O)N3)c1. The molecule has 0 aliphatic carbocycles. The summed E-state index contributed by atoms with van der Waals surface area (Å²) in [6, 6.07) is 3.51. The van der Waals surface area contributed by atoms with Crippen LogP contribution in [-0.2, 0) is 19.8 Å². The van der Waals surface area contributed by atoms with Crippen molar-refractivity contribution in [2.24, 2.45) is 0 Å². The smallest absolute Gasteiger partial charge is 0.412 e. The van der Waals surface area contributed by atoms with Crippen molar-refractivity contribution in [2.75, 3.05) is 18.5 Å². The molecule has 0 saturated carbocycles. The number of carbonyl (C=O) groups excluding carboxylic acids is 2. The molecule has 0 aromatic heterocycles. The number of benzene rings is 1. The predicted molar refractivity (Wildman–Crippen MR) is 94.9 cm³/mol. The maximum atomic E-state index is 15.7. The molecule has 2 aliphatic rings. The van der Waals surface area contributed by atoms with E-state index >= 15 is 4.39 Å². The van der Waals surface area contributed by atoms with Crippen LogP contribution in [0.5, 0.6) is 0 Å². The van der Waals surface area contributed by atoms with Gasteiger partial charge in [-0.3, -0.25) is 10.1 Å². The zero-order chi connectivity index (χ0) is 21.0. The van der Waals surface area contributed by atoms with Gasteiger partial charge in [-0.25, -0.2) is 18.0 Å². The lowest BCUT2D eigenvalue weighted by molar-refractivity contribution is -0.147. The number of fused-ring (bicyclic) bond motifs is 1. The van der Waals surface area contributed by atoms with Crippen molar-refractivity contribution in [1.82, 2.24) is 5.32 Å². The van der Waals surface area contributed by atoms with Crippen LogP contribution in [-0.4, -0.2) is 42.2 Å². The summed E-state index contributed by atoms with van der Waals surface area (Å²) in [6.45, 7) is 5.16. The number of rotatable bonds is 2. The molecule has 2 heterocycles. The maximum absolute atomic E-state index is 15.7. The molecule has 1 aromatic rings. The van der Waals surface area contributed by atoms with Gasteiger partial charge in [-0.1, -0.05) is 0 Å². The monoisotopic (exact) mass is 400 g/mol. The standard InChI is InChI=1S/C19H23F3N2O4/c1-16(2,3)28-15(26)23-11-5-6-13(20)12(7-11)19-10-27-9-18(19,22)8-17(4,21)14(25)24-19/h5-7H,8-10H2,1-4H3,(H,23,26)(H,24,25)/t17-,18-,19+/m0/s1. The van der Waals surface area contributed by atoms with E-state index in [9.17, 15) is 18.4 Å². The molecular weight excluding hydrogens is 377 g/mol. The van der Waals surface area contributed by atoms with Crippen LogP contribution < -0.4 is 10.6 Å². The molecule has 2 saturated heterocycles. The summed E-state index contributed by atoms with van der Waals surface area (Å²) in [5.41, 5.74) is -7.54. The Morgan fingerprint density at radius 1 is 1.29 bits per heavy atom. The number of amides is 2. The van der Waals surface area contributed by atoms with Gasteiger partial charge in [-0.15, -0.1) is 0 Å². The third kappa shape index (κ3) is 3.43. The molecular formula is C19H23F3N2O4. The highest BCUT2D eigenvalue weighted by Gasteiger charge is 2.67. The van der Waals surface area contributed by atoms with Crippen molar-refractivity contribution >= 4 is 17.7 Å². The molecule has 28 heavy (non-hydrogen) atoms. The van der Waals surface area contributed by atoms with Crippen LogP contribution in [0.25, 0.3) is 0 Å². The summed E-state index contributed by atoms with van der Waals surface area (Å²) >= 11 is 0. The molecule has 2 amide bonds. The van der Waals surface area contributed by atoms with Crippen LogP contribution in [0.15, 0.2) is 18.2 Å². The van der Waals surface area contributed by atoms with Gasteiger partial charge < -0.3 is 14.8 Å². The van der Waals surface area contributed by atoms with Crippen LogP contribution in [0.3, 0.4) is 0 Å². The minimum atomic E-state index is -2.45. The maximum Gasteiger partial charge on any atom is 0.412 e. The highest BCUT2D eigenvalue weighted by molar-refractivity contribution is 5.88. The number of ether oxygens (including phenoxy) is 2. The average molecular weight is 400 g/mol. The van der Waals surface area contributed by atoms with Gasteiger partial charge in [-0.05, 0) is 45.9 Å². The van der Waals surface area contributed by atoms with Crippen molar-refractivity contribution in [1.29, 1.82) is 0 Å². The number of hydrogen-bond acceptors (Lipinski definition) is 4. The molecule has 9 heteroatoms. The molecule has 2 N–H and O–H groups in total. The number of hydrogen-bond donors (Lipinski definition) is 2. The summed E-state index contributed by atoms with van der Waals surface area (Å²) in [5.74, 6) is -1.86. The molecule has 0 unspecified atom stereocenters. The van der Waals surface area contributed by atoms with E-state index in [-0.39, 0.29) is 17.9 Å². The van der Waals surface area contributed by atoms with Crippen molar-refractivity contribution in [3.05, 3.63) is 29.6 Å². The van der Waals surface area contributed by atoms with Gasteiger partial charge in [0.15, 0.2) is 11.3 Å². The van der Waals surface area contributed by atoms with Gasteiger partial charge in [-0.2, -0.15) is 0 Å². The van der Waals surface area contributed by atoms with Gasteiger partial charge in [0.2, 0.25) is 0 Å². The predicted octanol–water partition coefficient (Wildman–Crippen LogP) is 3.35. The minimum absolute atomic E-state index is 0.136. The number of piperidine rings is 1. The molecule has 2 fully saturated rings. The van der Waals surface area contributed by atoms with Gasteiger partial charge in [0, 0.05) is 17.7 Å². The molecule has 3 atom stereocenters. The van der Waals surface area contributed by atoms with Crippen LogP contribution in [0, 0.1) is 5.82 Å². The first kappa shape index (κ1) is 20.4. The Hall–Kier alpha value is -2.29. The molecule has 3 rings (SSSR count). The second kappa shape index (κ2) is 6.37. The molecule has 0 bridgehead atoms. The first-order chi connectivity index (χ1) is 12.8. The fourth-order valence-corrected chi connectivity index (χ4v) is 3.64. The fraction of sp³-hybridized carbons (Fsp3) is 0.579. The number of carbonyl (C=O) groups is 2. The lowest BCUT2D eigenvalue weighted by Gasteiger charge is -2.47. The van der Waals surface area contributed by atoms with Crippen LogP contribution in [0.4, 0.5) is 23.7 Å². The summed E-state index contributed by atoms with van der Waals surface area (Å²) in [5, 5.41) is 4.74. The van der Waals surface area contributed by atoms with Crippen molar-refractivity contribution in [3.8, 4) is 0 Å². The molecule has 0 radical (unpaired) electrons. The van der Waals surface area contributed by atoms with E-state index in [1.54, 1.807) is 20.8 Å². The third-order valence-corrected chi connectivity index (χ3v) is 4.90. The quantitative estimate of drug-likeness (QED) is 0.798. The van der Waals surface area contributed by atoms with Crippen LogP contribution in [0.1, 0.15) is 39.7 Å². The Morgan fingerprint density at radius 2 is 1.96 bits per heavy atom. The topological polar surface area (TPSA) is 76.7 Å². The van der Waals surface area contributed by atoms with Crippen molar-refractivity contribution < 1.29 is 32.2 Å². The zero-order valence-electron chi connectivity index (χ0n) is 16.1. The summed E-state index contributed by atoms with van der Waals surface area (Å²) in [6.07, 6.45) is -1.55. The van der Waals surface area contributed by atoms with Crippen LogP contribution in [0.2, 0.25) is 0 Å². The second-order valence-electron chi connectivity index (χ2n) is 8.51. The van der Waals surface area contributed by atoms with E-state index in [1.165, 1.54) is 12.1 Å². The number of halogens is 3. The van der Waals surface area contributed by atoms with E-state index in [1.807, 2.05) is 0 Å². The molecule has 2 aliphatic heterocycles. The highest BCUT2D eigenvalue weighted by atomic mass is 19.2. The Bertz CT molecular complexity index is 824.